The summed E-state index contributed by atoms with van der Waals surface area (Å²) in [6.07, 6.45) is 9.79. The summed E-state index contributed by atoms with van der Waals surface area (Å²) >= 11 is 0. The maximum absolute atomic E-state index is 3.96. The molecule has 0 aliphatic heterocycles. The van der Waals surface area contributed by atoms with Gasteiger partial charge in [-0.1, -0.05) is 69.9 Å². The summed E-state index contributed by atoms with van der Waals surface area (Å²) in [5.74, 6) is 1.59. The van der Waals surface area contributed by atoms with Crippen molar-refractivity contribution < 1.29 is 0 Å². The summed E-state index contributed by atoms with van der Waals surface area (Å²) in [5, 5.41) is 3.96. The molecule has 1 fully saturated rings. The second kappa shape index (κ2) is 8.58. The Labute approximate surface area is 131 Å². The minimum Gasteiger partial charge on any atom is -0.307 e. The fourth-order valence-electron chi connectivity index (χ4n) is 3.72. The first-order valence-corrected chi connectivity index (χ1v) is 8.98. The van der Waals surface area contributed by atoms with Gasteiger partial charge in [0.15, 0.2) is 0 Å². The monoisotopic (exact) mass is 287 g/mol. The highest BCUT2D eigenvalue weighted by Crippen LogP contribution is 2.28. The van der Waals surface area contributed by atoms with Gasteiger partial charge in [-0.3, -0.25) is 0 Å². The molecule has 1 aromatic carbocycles. The molecule has 1 aliphatic rings. The predicted molar refractivity (Wildman–Crippen MR) is 92.4 cm³/mol. The Hall–Kier alpha value is -0.820. The molecule has 1 N–H and O–H groups in total. The third kappa shape index (κ3) is 5.47. The van der Waals surface area contributed by atoms with Crippen LogP contribution in [0.3, 0.4) is 0 Å². The predicted octanol–water partition coefficient (Wildman–Crippen LogP) is 5.72. The maximum Gasteiger partial charge on any atom is 0.0325 e. The minimum atomic E-state index is 0.504. The smallest absolute Gasteiger partial charge is 0.0325 e. The second-order valence-electron chi connectivity index (χ2n) is 7.30. The summed E-state index contributed by atoms with van der Waals surface area (Å²) in [7, 11) is 0. The maximum atomic E-state index is 3.96. The van der Waals surface area contributed by atoms with Crippen molar-refractivity contribution in [2.75, 3.05) is 0 Å². The van der Waals surface area contributed by atoms with Gasteiger partial charge >= 0.3 is 0 Å². The molecule has 0 heterocycles. The highest BCUT2D eigenvalue weighted by Gasteiger charge is 2.22. The van der Waals surface area contributed by atoms with Gasteiger partial charge in [0.25, 0.3) is 0 Å². The molecule has 1 aliphatic carbocycles. The van der Waals surface area contributed by atoms with Gasteiger partial charge in [-0.05, 0) is 43.6 Å². The van der Waals surface area contributed by atoms with E-state index in [1.54, 1.807) is 0 Å². The highest BCUT2D eigenvalue weighted by atomic mass is 15.0. The molecule has 0 bridgehead atoms. The first kappa shape index (κ1) is 16.5. The summed E-state index contributed by atoms with van der Waals surface area (Å²) < 4.78 is 0. The molecule has 1 saturated carbocycles. The Bertz CT molecular complexity index is 376. The molecule has 1 unspecified atom stereocenters. The van der Waals surface area contributed by atoms with E-state index in [0.29, 0.717) is 12.1 Å². The molecular weight excluding hydrogens is 254 g/mol. The molecule has 118 valence electrons. The first-order valence-electron chi connectivity index (χ1n) is 8.98. The van der Waals surface area contributed by atoms with Crippen LogP contribution in [0.15, 0.2) is 30.3 Å². The lowest BCUT2D eigenvalue weighted by atomic mass is 9.90. The van der Waals surface area contributed by atoms with Crippen LogP contribution in [0.5, 0.6) is 0 Å². The molecule has 1 heteroatoms. The van der Waals surface area contributed by atoms with Crippen LogP contribution in [0.1, 0.15) is 77.3 Å². The Kier molecular flexibility index (Phi) is 6.76. The average Bonchev–Trinajstić information content (AvgIpc) is 2.76. The van der Waals surface area contributed by atoms with E-state index in [0.717, 1.165) is 11.8 Å². The van der Waals surface area contributed by atoms with E-state index >= 15 is 0 Å². The van der Waals surface area contributed by atoms with Crippen molar-refractivity contribution in [2.24, 2.45) is 11.8 Å². The van der Waals surface area contributed by atoms with Crippen LogP contribution in [-0.2, 0) is 0 Å². The van der Waals surface area contributed by atoms with Gasteiger partial charge in [0.1, 0.15) is 0 Å². The van der Waals surface area contributed by atoms with Gasteiger partial charge in [0, 0.05) is 12.1 Å². The Balaban J connectivity index is 2.00. The fraction of sp³-hybridized carbons (Fsp3) is 0.700. The van der Waals surface area contributed by atoms with Crippen molar-refractivity contribution >= 4 is 0 Å². The van der Waals surface area contributed by atoms with Crippen molar-refractivity contribution in [3.05, 3.63) is 35.9 Å². The average molecular weight is 287 g/mol. The van der Waals surface area contributed by atoms with Crippen molar-refractivity contribution in [1.82, 2.24) is 5.32 Å². The lowest BCUT2D eigenvalue weighted by molar-refractivity contribution is 0.292. The van der Waals surface area contributed by atoms with Crippen LogP contribution in [0.4, 0.5) is 0 Å². The minimum absolute atomic E-state index is 0.504. The second-order valence-corrected chi connectivity index (χ2v) is 7.30. The molecule has 0 amide bonds. The van der Waals surface area contributed by atoms with Crippen molar-refractivity contribution in [2.45, 2.75) is 77.8 Å². The number of rotatable bonds is 6. The van der Waals surface area contributed by atoms with Crippen molar-refractivity contribution in [3.63, 3.8) is 0 Å². The lowest BCUT2D eigenvalue weighted by Gasteiger charge is -2.30. The standard InChI is InChI=1S/C20H33N/c1-16(2)15-20(19-13-9-6-10-14-19)21-17(3)18-11-7-4-5-8-12-18/h6,9-10,13-14,16-18,20-21H,4-5,7-8,11-12,15H2,1-3H3/t17-,20?/m1/s1. The summed E-state index contributed by atoms with van der Waals surface area (Å²) in [4.78, 5) is 0. The molecule has 0 radical (unpaired) electrons. The van der Waals surface area contributed by atoms with Crippen LogP contribution in [0.2, 0.25) is 0 Å². The van der Waals surface area contributed by atoms with Crippen LogP contribution >= 0.6 is 0 Å². The molecule has 2 rings (SSSR count). The zero-order valence-electron chi connectivity index (χ0n) is 14.1. The number of benzene rings is 1. The molecule has 0 aromatic heterocycles. The van der Waals surface area contributed by atoms with Gasteiger partial charge < -0.3 is 5.32 Å². The molecule has 1 aromatic rings. The zero-order chi connectivity index (χ0) is 15.1. The zero-order valence-corrected chi connectivity index (χ0v) is 14.1. The third-order valence-corrected chi connectivity index (χ3v) is 4.98. The van der Waals surface area contributed by atoms with Crippen LogP contribution in [0, 0.1) is 11.8 Å². The molecule has 1 nitrogen and oxygen atoms in total. The SMILES string of the molecule is CC(C)CC(N[C@H](C)C1CCCCCC1)c1ccccc1. The normalized spacial score (nSPS) is 20.2. The molecule has 0 saturated heterocycles. The van der Waals surface area contributed by atoms with Crippen LogP contribution < -0.4 is 5.32 Å². The van der Waals surface area contributed by atoms with E-state index in [1.807, 2.05) is 0 Å². The van der Waals surface area contributed by atoms with Crippen LogP contribution in [-0.4, -0.2) is 6.04 Å². The highest BCUT2D eigenvalue weighted by molar-refractivity contribution is 5.19. The van der Waals surface area contributed by atoms with E-state index in [-0.39, 0.29) is 0 Å². The molecule has 2 atom stereocenters. The Morgan fingerprint density at radius 3 is 2.14 bits per heavy atom. The van der Waals surface area contributed by atoms with Gasteiger partial charge in [-0.15, -0.1) is 0 Å². The van der Waals surface area contributed by atoms with Crippen molar-refractivity contribution in [1.29, 1.82) is 0 Å². The van der Waals surface area contributed by atoms with E-state index in [2.05, 4.69) is 56.4 Å². The lowest BCUT2D eigenvalue weighted by Crippen LogP contribution is -2.37. The number of nitrogens with one attached hydrogen (secondary N) is 1. The Morgan fingerprint density at radius 2 is 1.57 bits per heavy atom. The van der Waals surface area contributed by atoms with Crippen LogP contribution in [0.25, 0.3) is 0 Å². The fourth-order valence-corrected chi connectivity index (χ4v) is 3.72. The Morgan fingerprint density at radius 1 is 0.952 bits per heavy atom. The number of hydrogen-bond donors (Lipinski definition) is 1. The van der Waals surface area contributed by atoms with Gasteiger partial charge in [0.2, 0.25) is 0 Å². The van der Waals surface area contributed by atoms with Gasteiger partial charge in [0.05, 0.1) is 0 Å². The van der Waals surface area contributed by atoms with E-state index < -0.39 is 0 Å². The van der Waals surface area contributed by atoms with E-state index in [4.69, 9.17) is 0 Å². The first-order chi connectivity index (χ1) is 10.2. The topological polar surface area (TPSA) is 12.0 Å². The summed E-state index contributed by atoms with van der Waals surface area (Å²) in [6.45, 7) is 7.06. The summed E-state index contributed by atoms with van der Waals surface area (Å²) in [6, 6.07) is 12.1. The van der Waals surface area contributed by atoms with Gasteiger partial charge in [-0.2, -0.15) is 0 Å². The largest absolute Gasteiger partial charge is 0.307 e. The number of hydrogen-bond acceptors (Lipinski definition) is 1. The molecule has 21 heavy (non-hydrogen) atoms. The molecule has 0 spiro atoms. The third-order valence-electron chi connectivity index (χ3n) is 4.98. The van der Waals surface area contributed by atoms with Gasteiger partial charge in [-0.25, -0.2) is 0 Å². The summed E-state index contributed by atoms with van der Waals surface area (Å²) in [5.41, 5.74) is 1.45. The molecular formula is C20H33N. The van der Waals surface area contributed by atoms with E-state index in [1.165, 1.54) is 50.5 Å². The quantitative estimate of drug-likeness (QED) is 0.660. The van der Waals surface area contributed by atoms with Crippen molar-refractivity contribution in [3.8, 4) is 0 Å². The van der Waals surface area contributed by atoms with E-state index in [9.17, 15) is 0 Å².